The Morgan fingerprint density at radius 2 is 1.76 bits per heavy atom. The lowest BCUT2D eigenvalue weighted by atomic mass is 10.0. The fourth-order valence-electron chi connectivity index (χ4n) is 2.23. The second-order valence-corrected chi connectivity index (χ2v) is 4.99. The molecular weight excluding hydrogens is 262 g/mol. The third kappa shape index (κ3) is 3.56. The average molecular weight is 285 g/mol. The number of methoxy groups -OCH3 is 1. The minimum absolute atomic E-state index is 0.0258. The molecule has 2 aromatic rings. The van der Waals surface area contributed by atoms with Gasteiger partial charge in [-0.1, -0.05) is 38.1 Å². The molecule has 0 fully saturated rings. The van der Waals surface area contributed by atoms with Crippen LogP contribution in [0.25, 0.3) is 0 Å². The first kappa shape index (κ1) is 15.4. The zero-order chi connectivity index (χ0) is 15.2. The fraction of sp³-hybridized carbons (Fsp3) is 0.333. The number of hydrogen-bond acceptors (Lipinski definition) is 3. The van der Waals surface area contributed by atoms with Crippen molar-refractivity contribution in [1.82, 2.24) is 0 Å². The highest BCUT2D eigenvalue weighted by Gasteiger charge is 2.13. The highest BCUT2D eigenvalue weighted by Crippen LogP contribution is 2.35. The van der Waals surface area contributed by atoms with Gasteiger partial charge in [0.1, 0.15) is 5.75 Å². The summed E-state index contributed by atoms with van der Waals surface area (Å²) >= 11 is 0. The molecule has 3 nitrogen and oxygen atoms in total. The summed E-state index contributed by atoms with van der Waals surface area (Å²) in [6.07, 6.45) is 1.83. The molecule has 0 amide bonds. The maximum atomic E-state index is 6.15. The molecule has 0 unspecified atom stereocenters. The van der Waals surface area contributed by atoms with Gasteiger partial charge in [-0.05, 0) is 36.6 Å². The molecule has 3 heteroatoms. The molecule has 0 aliphatic carbocycles. The van der Waals surface area contributed by atoms with Crippen molar-refractivity contribution in [2.75, 3.05) is 7.11 Å². The molecular formula is C18H23NO2. The second kappa shape index (κ2) is 7.14. The minimum Gasteiger partial charge on any atom is -0.493 e. The van der Waals surface area contributed by atoms with Gasteiger partial charge in [-0.25, -0.2) is 0 Å². The third-order valence-electron chi connectivity index (χ3n) is 3.61. The predicted molar refractivity (Wildman–Crippen MR) is 86.1 cm³/mol. The summed E-state index contributed by atoms with van der Waals surface area (Å²) in [7, 11) is 1.66. The number of rotatable bonds is 6. The predicted octanol–water partition coefficient (Wildman–Crippen LogP) is 4.46. The van der Waals surface area contributed by atoms with Gasteiger partial charge in [0.25, 0.3) is 0 Å². The zero-order valence-corrected chi connectivity index (χ0v) is 12.9. The molecule has 2 N–H and O–H groups in total. The molecule has 2 aromatic carbocycles. The molecule has 1 atom stereocenters. The van der Waals surface area contributed by atoms with Crippen LogP contribution in [0.15, 0.2) is 42.5 Å². The Morgan fingerprint density at radius 1 is 1.00 bits per heavy atom. The van der Waals surface area contributed by atoms with Crippen LogP contribution in [0, 0.1) is 0 Å². The van der Waals surface area contributed by atoms with Crippen LogP contribution in [0.1, 0.15) is 37.4 Å². The minimum atomic E-state index is -0.0258. The number of aryl methyl sites for hydroxylation is 1. The van der Waals surface area contributed by atoms with Gasteiger partial charge in [-0.15, -0.1) is 0 Å². The van der Waals surface area contributed by atoms with E-state index in [4.69, 9.17) is 15.2 Å². The van der Waals surface area contributed by atoms with E-state index in [0.717, 1.165) is 29.9 Å². The largest absolute Gasteiger partial charge is 0.493 e. The number of para-hydroxylation sites is 1. The van der Waals surface area contributed by atoms with E-state index in [1.54, 1.807) is 7.11 Å². The SMILES string of the molecule is CCc1ccc(Oc2ccccc2[C@H](N)CC)c(OC)c1. The molecule has 2 rings (SSSR count). The van der Waals surface area contributed by atoms with Crippen LogP contribution in [-0.4, -0.2) is 7.11 Å². The van der Waals surface area contributed by atoms with Crippen LogP contribution in [0.5, 0.6) is 17.2 Å². The lowest BCUT2D eigenvalue weighted by molar-refractivity contribution is 0.376. The van der Waals surface area contributed by atoms with Gasteiger partial charge >= 0.3 is 0 Å². The fourth-order valence-corrected chi connectivity index (χ4v) is 2.23. The van der Waals surface area contributed by atoms with Crippen LogP contribution < -0.4 is 15.2 Å². The summed E-state index contributed by atoms with van der Waals surface area (Å²) in [5, 5.41) is 0. The van der Waals surface area contributed by atoms with Gasteiger partial charge in [0.15, 0.2) is 11.5 Å². The Morgan fingerprint density at radius 3 is 2.43 bits per heavy atom. The molecule has 0 saturated heterocycles. The van der Waals surface area contributed by atoms with E-state index in [2.05, 4.69) is 19.9 Å². The highest BCUT2D eigenvalue weighted by atomic mass is 16.5. The van der Waals surface area contributed by atoms with E-state index >= 15 is 0 Å². The van der Waals surface area contributed by atoms with Gasteiger partial charge in [0.2, 0.25) is 0 Å². The summed E-state index contributed by atoms with van der Waals surface area (Å²) in [6.45, 7) is 4.18. The van der Waals surface area contributed by atoms with Crippen molar-refractivity contribution in [1.29, 1.82) is 0 Å². The Bertz CT molecular complexity index is 596. The molecule has 21 heavy (non-hydrogen) atoms. The summed E-state index contributed by atoms with van der Waals surface area (Å²) in [5.74, 6) is 2.24. The van der Waals surface area contributed by atoms with Gasteiger partial charge in [0, 0.05) is 11.6 Å². The first-order valence-corrected chi connectivity index (χ1v) is 7.38. The summed E-state index contributed by atoms with van der Waals surface area (Å²) in [5.41, 5.74) is 8.39. The lowest BCUT2D eigenvalue weighted by Crippen LogP contribution is -2.09. The molecule has 0 bridgehead atoms. The first-order chi connectivity index (χ1) is 10.2. The van der Waals surface area contributed by atoms with Crippen LogP contribution in [0.2, 0.25) is 0 Å². The van der Waals surface area contributed by atoms with Crippen molar-refractivity contribution >= 4 is 0 Å². The molecule has 0 heterocycles. The third-order valence-corrected chi connectivity index (χ3v) is 3.61. The van der Waals surface area contributed by atoms with Crippen molar-refractivity contribution < 1.29 is 9.47 Å². The standard InChI is InChI=1S/C18H23NO2/c1-4-13-10-11-17(18(12-13)20-3)21-16-9-7-6-8-14(16)15(19)5-2/h6-12,15H,4-5,19H2,1-3H3/t15-/m1/s1. The van der Waals surface area contributed by atoms with E-state index in [1.807, 2.05) is 36.4 Å². The highest BCUT2D eigenvalue weighted by molar-refractivity contribution is 5.47. The van der Waals surface area contributed by atoms with Gasteiger partial charge in [-0.2, -0.15) is 0 Å². The molecule has 0 aliphatic rings. The number of ether oxygens (including phenoxy) is 2. The van der Waals surface area contributed by atoms with E-state index < -0.39 is 0 Å². The Hall–Kier alpha value is -2.00. The topological polar surface area (TPSA) is 44.5 Å². The van der Waals surface area contributed by atoms with Crippen molar-refractivity contribution in [3.05, 3.63) is 53.6 Å². The van der Waals surface area contributed by atoms with E-state index in [0.29, 0.717) is 5.75 Å². The summed E-state index contributed by atoms with van der Waals surface area (Å²) in [4.78, 5) is 0. The summed E-state index contributed by atoms with van der Waals surface area (Å²) in [6, 6.07) is 13.9. The van der Waals surface area contributed by atoms with E-state index in [9.17, 15) is 0 Å². The maximum absolute atomic E-state index is 6.15. The molecule has 0 aromatic heterocycles. The molecule has 0 radical (unpaired) electrons. The van der Waals surface area contributed by atoms with E-state index in [1.165, 1.54) is 5.56 Å². The van der Waals surface area contributed by atoms with Crippen molar-refractivity contribution in [3.63, 3.8) is 0 Å². The van der Waals surface area contributed by atoms with Crippen LogP contribution >= 0.6 is 0 Å². The van der Waals surface area contributed by atoms with Crippen molar-refractivity contribution in [3.8, 4) is 17.2 Å². The lowest BCUT2D eigenvalue weighted by Gasteiger charge is -2.17. The number of hydrogen-bond donors (Lipinski definition) is 1. The Labute approximate surface area is 126 Å². The smallest absolute Gasteiger partial charge is 0.169 e. The molecule has 0 saturated carbocycles. The zero-order valence-electron chi connectivity index (χ0n) is 12.9. The maximum Gasteiger partial charge on any atom is 0.169 e. The first-order valence-electron chi connectivity index (χ1n) is 7.38. The Balaban J connectivity index is 2.34. The summed E-state index contributed by atoms with van der Waals surface area (Å²) < 4.78 is 11.5. The normalized spacial score (nSPS) is 12.0. The van der Waals surface area contributed by atoms with Crippen LogP contribution in [0.3, 0.4) is 0 Å². The van der Waals surface area contributed by atoms with Gasteiger partial charge < -0.3 is 15.2 Å². The molecule has 112 valence electrons. The van der Waals surface area contributed by atoms with Crippen molar-refractivity contribution in [2.24, 2.45) is 5.73 Å². The van der Waals surface area contributed by atoms with Crippen molar-refractivity contribution in [2.45, 2.75) is 32.7 Å². The van der Waals surface area contributed by atoms with Gasteiger partial charge in [0.05, 0.1) is 7.11 Å². The Kier molecular flexibility index (Phi) is 5.23. The van der Waals surface area contributed by atoms with E-state index in [-0.39, 0.29) is 6.04 Å². The monoisotopic (exact) mass is 285 g/mol. The van der Waals surface area contributed by atoms with Gasteiger partial charge in [-0.3, -0.25) is 0 Å². The van der Waals surface area contributed by atoms with Crippen LogP contribution in [-0.2, 0) is 6.42 Å². The molecule has 0 aliphatic heterocycles. The second-order valence-electron chi connectivity index (χ2n) is 4.99. The quantitative estimate of drug-likeness (QED) is 0.852. The van der Waals surface area contributed by atoms with Crippen LogP contribution in [0.4, 0.5) is 0 Å². The number of nitrogens with two attached hydrogens (primary N) is 1. The number of benzene rings is 2. The molecule has 0 spiro atoms. The average Bonchev–Trinajstić information content (AvgIpc) is 2.55.